The van der Waals surface area contributed by atoms with Crippen LogP contribution in [0.3, 0.4) is 0 Å². The molecule has 1 rings (SSSR count). The van der Waals surface area contributed by atoms with Crippen molar-refractivity contribution in [2.75, 3.05) is 6.61 Å². The molecule has 0 bridgehead atoms. The van der Waals surface area contributed by atoms with Crippen molar-refractivity contribution in [2.45, 2.75) is 19.4 Å². The minimum atomic E-state index is -0.587. The molecular formula is C11H13ClN2O4. The van der Waals surface area contributed by atoms with Crippen LogP contribution in [0.2, 0.25) is 5.02 Å². The highest BCUT2D eigenvalue weighted by molar-refractivity contribution is 6.34. The van der Waals surface area contributed by atoms with Crippen LogP contribution in [0.5, 0.6) is 0 Å². The van der Waals surface area contributed by atoms with E-state index in [0.717, 1.165) is 6.07 Å². The van der Waals surface area contributed by atoms with Crippen LogP contribution < -0.4 is 5.32 Å². The quantitative estimate of drug-likeness (QED) is 0.631. The minimum absolute atomic E-state index is 0.00879. The molecule has 0 saturated heterocycles. The zero-order valence-corrected chi connectivity index (χ0v) is 10.5. The second kappa shape index (κ2) is 6.32. The molecule has 1 aromatic carbocycles. The van der Waals surface area contributed by atoms with Crippen molar-refractivity contribution in [1.82, 2.24) is 5.32 Å². The molecule has 0 saturated carbocycles. The number of benzene rings is 1. The fraction of sp³-hybridized carbons (Fsp3) is 0.364. The molecule has 98 valence electrons. The summed E-state index contributed by atoms with van der Waals surface area (Å²) in [4.78, 5) is 21.7. The van der Waals surface area contributed by atoms with Gasteiger partial charge in [-0.2, -0.15) is 0 Å². The number of hydrogen-bond donors (Lipinski definition) is 2. The molecule has 1 atom stereocenters. The Labute approximate surface area is 109 Å². The van der Waals surface area contributed by atoms with Gasteiger partial charge in [0.15, 0.2) is 0 Å². The first kappa shape index (κ1) is 14.4. The van der Waals surface area contributed by atoms with E-state index in [-0.39, 0.29) is 28.9 Å². The van der Waals surface area contributed by atoms with Crippen molar-refractivity contribution < 1.29 is 14.8 Å². The molecule has 1 aromatic rings. The van der Waals surface area contributed by atoms with E-state index in [1.54, 1.807) is 0 Å². The Hall–Kier alpha value is -1.66. The molecule has 0 unspecified atom stereocenters. The van der Waals surface area contributed by atoms with Crippen LogP contribution in [-0.4, -0.2) is 28.6 Å². The van der Waals surface area contributed by atoms with Gasteiger partial charge in [-0.3, -0.25) is 14.9 Å². The lowest BCUT2D eigenvalue weighted by Crippen LogP contribution is -2.37. The van der Waals surface area contributed by atoms with E-state index in [1.165, 1.54) is 12.1 Å². The van der Waals surface area contributed by atoms with Crippen LogP contribution >= 0.6 is 11.6 Å². The molecule has 7 heteroatoms. The Morgan fingerprint density at radius 2 is 2.28 bits per heavy atom. The smallest absolute Gasteiger partial charge is 0.270 e. The molecule has 0 aliphatic heterocycles. The zero-order valence-electron chi connectivity index (χ0n) is 9.72. The number of amides is 1. The van der Waals surface area contributed by atoms with E-state index in [9.17, 15) is 14.9 Å². The summed E-state index contributed by atoms with van der Waals surface area (Å²) < 4.78 is 0. The molecule has 0 heterocycles. The average Bonchev–Trinajstić information content (AvgIpc) is 2.35. The van der Waals surface area contributed by atoms with Gasteiger partial charge in [0, 0.05) is 12.1 Å². The van der Waals surface area contributed by atoms with Crippen molar-refractivity contribution >= 4 is 23.2 Å². The second-order valence-electron chi connectivity index (χ2n) is 3.68. The van der Waals surface area contributed by atoms with Crippen LogP contribution in [0.25, 0.3) is 0 Å². The van der Waals surface area contributed by atoms with E-state index >= 15 is 0 Å². The first-order chi connectivity index (χ1) is 8.49. The number of non-ortho nitro benzene ring substituents is 1. The highest BCUT2D eigenvalue weighted by Crippen LogP contribution is 2.22. The SMILES string of the molecule is CC[C@H](CO)NC(=O)c1ccc([N+](=O)[O-])cc1Cl. The molecular weight excluding hydrogens is 260 g/mol. The number of nitrogens with one attached hydrogen (secondary N) is 1. The summed E-state index contributed by atoms with van der Waals surface area (Å²) >= 11 is 5.81. The molecule has 0 spiro atoms. The first-order valence-corrected chi connectivity index (χ1v) is 5.73. The molecule has 0 radical (unpaired) electrons. The molecule has 1 amide bonds. The summed E-state index contributed by atoms with van der Waals surface area (Å²) in [7, 11) is 0. The summed E-state index contributed by atoms with van der Waals surface area (Å²) in [5.41, 5.74) is -0.0279. The number of carbonyl (C=O) groups excluding carboxylic acids is 1. The van der Waals surface area contributed by atoms with Gasteiger partial charge in [-0.25, -0.2) is 0 Å². The van der Waals surface area contributed by atoms with E-state index in [0.29, 0.717) is 6.42 Å². The number of nitro groups is 1. The topological polar surface area (TPSA) is 92.5 Å². The Morgan fingerprint density at radius 1 is 1.61 bits per heavy atom. The van der Waals surface area contributed by atoms with Gasteiger partial charge in [0.05, 0.1) is 28.2 Å². The van der Waals surface area contributed by atoms with Crippen molar-refractivity contribution in [1.29, 1.82) is 0 Å². The monoisotopic (exact) mass is 272 g/mol. The van der Waals surface area contributed by atoms with Crippen molar-refractivity contribution in [3.63, 3.8) is 0 Å². The molecule has 2 N–H and O–H groups in total. The maximum Gasteiger partial charge on any atom is 0.270 e. The number of aliphatic hydroxyl groups is 1. The van der Waals surface area contributed by atoms with E-state index in [4.69, 9.17) is 16.7 Å². The maximum atomic E-state index is 11.8. The van der Waals surface area contributed by atoms with Crippen molar-refractivity contribution in [3.05, 3.63) is 38.9 Å². The summed E-state index contributed by atoms with van der Waals surface area (Å²) in [5, 5.41) is 22.1. The van der Waals surface area contributed by atoms with Crippen LogP contribution in [0, 0.1) is 10.1 Å². The van der Waals surface area contributed by atoms with Crippen molar-refractivity contribution in [3.8, 4) is 0 Å². The lowest BCUT2D eigenvalue weighted by atomic mass is 10.1. The normalized spacial score (nSPS) is 11.9. The predicted octanol–water partition coefficient (Wildman–Crippen LogP) is 1.75. The lowest BCUT2D eigenvalue weighted by molar-refractivity contribution is -0.384. The summed E-state index contributed by atoms with van der Waals surface area (Å²) in [6.07, 6.45) is 0.576. The largest absolute Gasteiger partial charge is 0.394 e. The van der Waals surface area contributed by atoms with Gasteiger partial charge >= 0.3 is 0 Å². The molecule has 0 aliphatic carbocycles. The number of rotatable bonds is 5. The number of nitro benzene ring substituents is 1. The Kier molecular flexibility index (Phi) is 5.06. The molecule has 6 nitrogen and oxygen atoms in total. The average molecular weight is 273 g/mol. The van der Waals surface area contributed by atoms with Crippen LogP contribution in [-0.2, 0) is 0 Å². The van der Waals surface area contributed by atoms with Gasteiger partial charge in [-0.15, -0.1) is 0 Å². The summed E-state index contributed by atoms with van der Waals surface area (Å²) in [6.45, 7) is 1.64. The number of carbonyl (C=O) groups is 1. The Morgan fingerprint density at radius 3 is 2.72 bits per heavy atom. The van der Waals surface area contributed by atoms with E-state index in [2.05, 4.69) is 5.32 Å². The van der Waals surface area contributed by atoms with Gasteiger partial charge in [0.2, 0.25) is 0 Å². The lowest BCUT2D eigenvalue weighted by Gasteiger charge is -2.14. The fourth-order valence-corrected chi connectivity index (χ4v) is 1.60. The third-order valence-electron chi connectivity index (χ3n) is 2.46. The van der Waals surface area contributed by atoms with Crippen LogP contribution in [0.4, 0.5) is 5.69 Å². The van der Waals surface area contributed by atoms with Crippen LogP contribution in [0.1, 0.15) is 23.7 Å². The zero-order chi connectivity index (χ0) is 13.7. The molecule has 18 heavy (non-hydrogen) atoms. The van der Waals surface area contributed by atoms with Crippen LogP contribution in [0.15, 0.2) is 18.2 Å². The van der Waals surface area contributed by atoms with Gasteiger partial charge < -0.3 is 10.4 Å². The predicted molar refractivity (Wildman–Crippen MR) is 66.7 cm³/mol. The second-order valence-corrected chi connectivity index (χ2v) is 4.09. The maximum absolute atomic E-state index is 11.8. The number of aliphatic hydroxyl groups excluding tert-OH is 1. The molecule has 0 aromatic heterocycles. The third-order valence-corrected chi connectivity index (χ3v) is 2.77. The van der Waals surface area contributed by atoms with Gasteiger partial charge in [-0.05, 0) is 12.5 Å². The third kappa shape index (κ3) is 3.41. The molecule has 0 fully saturated rings. The Balaban J connectivity index is 2.90. The van der Waals surface area contributed by atoms with Gasteiger partial charge in [-0.1, -0.05) is 18.5 Å². The highest BCUT2D eigenvalue weighted by atomic mass is 35.5. The standard InChI is InChI=1S/C11H13ClN2O4/c1-2-7(6-15)13-11(16)9-4-3-8(14(17)18)5-10(9)12/h3-5,7,15H,2,6H2,1H3,(H,13,16)/t7-/m1/s1. The van der Waals surface area contributed by atoms with Gasteiger partial charge in [0.1, 0.15) is 0 Å². The fourth-order valence-electron chi connectivity index (χ4n) is 1.34. The van der Waals surface area contributed by atoms with E-state index in [1.807, 2.05) is 6.92 Å². The number of halogens is 1. The van der Waals surface area contributed by atoms with E-state index < -0.39 is 10.8 Å². The molecule has 0 aliphatic rings. The first-order valence-electron chi connectivity index (χ1n) is 5.35. The van der Waals surface area contributed by atoms with Crippen molar-refractivity contribution in [2.24, 2.45) is 0 Å². The summed E-state index contributed by atoms with van der Waals surface area (Å²) in [6, 6.07) is 3.26. The number of hydrogen-bond acceptors (Lipinski definition) is 4. The minimum Gasteiger partial charge on any atom is -0.394 e. The summed E-state index contributed by atoms with van der Waals surface area (Å²) in [5.74, 6) is -0.462. The Bertz CT molecular complexity index is 460. The number of nitrogens with zero attached hydrogens (tertiary/aromatic N) is 1. The highest BCUT2D eigenvalue weighted by Gasteiger charge is 2.17. The van der Waals surface area contributed by atoms with Gasteiger partial charge in [0.25, 0.3) is 11.6 Å².